The Kier molecular flexibility index (Phi) is 3.88. The van der Waals surface area contributed by atoms with Gasteiger partial charge in [-0.3, -0.25) is 4.79 Å². The summed E-state index contributed by atoms with van der Waals surface area (Å²) in [5.41, 5.74) is 0.0926. The van der Waals surface area contributed by atoms with Crippen LogP contribution in [0.3, 0.4) is 0 Å². The second-order valence-electron chi connectivity index (χ2n) is 4.72. The molecule has 0 N–H and O–H groups in total. The van der Waals surface area contributed by atoms with Crippen LogP contribution in [0.4, 0.5) is 4.39 Å². The van der Waals surface area contributed by atoms with Gasteiger partial charge in [-0.1, -0.05) is 12.1 Å². The third-order valence-corrected chi connectivity index (χ3v) is 3.85. The number of aromatic nitrogens is 1. The Balaban J connectivity index is 1.60. The number of nitrogens with zero attached hydrogens (tertiary/aromatic N) is 2. The lowest BCUT2D eigenvalue weighted by Gasteiger charge is -2.38. The zero-order valence-corrected chi connectivity index (χ0v) is 12.6. The average molecular weight is 351 g/mol. The van der Waals surface area contributed by atoms with E-state index >= 15 is 0 Å². The quantitative estimate of drug-likeness (QED) is 0.854. The van der Waals surface area contributed by atoms with Crippen LogP contribution in [0, 0.1) is 5.82 Å². The number of carbonyl (C=O) groups is 1. The van der Waals surface area contributed by atoms with Crippen molar-refractivity contribution in [1.29, 1.82) is 0 Å². The molecule has 1 aromatic heterocycles. The van der Waals surface area contributed by atoms with Crippen LogP contribution >= 0.6 is 15.9 Å². The smallest absolute Gasteiger partial charge is 0.257 e. The molecule has 2 heterocycles. The molecule has 1 aromatic carbocycles. The van der Waals surface area contributed by atoms with Crippen LogP contribution in [0.25, 0.3) is 0 Å². The van der Waals surface area contributed by atoms with Crippen LogP contribution < -0.4 is 4.74 Å². The van der Waals surface area contributed by atoms with E-state index in [0.29, 0.717) is 19.0 Å². The topological polar surface area (TPSA) is 42.4 Å². The first-order valence-electron chi connectivity index (χ1n) is 6.46. The molecule has 1 aliphatic heterocycles. The van der Waals surface area contributed by atoms with Crippen LogP contribution in [0.5, 0.6) is 5.88 Å². The fourth-order valence-corrected chi connectivity index (χ4v) is 2.45. The number of ether oxygens (including phenoxy) is 1. The van der Waals surface area contributed by atoms with Gasteiger partial charge in [0.15, 0.2) is 0 Å². The third-order valence-electron chi connectivity index (χ3n) is 3.24. The summed E-state index contributed by atoms with van der Waals surface area (Å²) in [5, 5.41) is 0. The molecule has 0 saturated carbocycles. The second-order valence-corrected chi connectivity index (χ2v) is 5.57. The highest BCUT2D eigenvalue weighted by atomic mass is 79.9. The van der Waals surface area contributed by atoms with Gasteiger partial charge in [-0.25, -0.2) is 9.37 Å². The number of likely N-dealkylation sites (tertiary alicyclic amines) is 1. The van der Waals surface area contributed by atoms with E-state index in [0.717, 1.165) is 4.47 Å². The van der Waals surface area contributed by atoms with Crippen molar-refractivity contribution < 1.29 is 13.9 Å². The molecule has 1 amide bonds. The summed E-state index contributed by atoms with van der Waals surface area (Å²) in [6.45, 7) is 0.854. The summed E-state index contributed by atoms with van der Waals surface area (Å²) < 4.78 is 20.0. The standard InChI is InChI=1S/C15H12BrFN2O2/c16-12-5-3-7-18-14(12)21-10-8-19(9-10)15(20)11-4-1-2-6-13(11)17/h1-7,10H,8-9H2. The molecular formula is C15H12BrFN2O2. The van der Waals surface area contributed by atoms with E-state index in [1.807, 2.05) is 6.07 Å². The molecule has 1 aliphatic rings. The number of carbonyl (C=O) groups excluding carboxylic acids is 1. The summed E-state index contributed by atoms with van der Waals surface area (Å²) in [6, 6.07) is 9.62. The average Bonchev–Trinajstić information content (AvgIpc) is 2.44. The van der Waals surface area contributed by atoms with Crippen LogP contribution in [0.1, 0.15) is 10.4 Å². The Labute approximate surface area is 129 Å². The van der Waals surface area contributed by atoms with Gasteiger partial charge in [0.1, 0.15) is 11.9 Å². The number of pyridine rings is 1. The summed E-state index contributed by atoms with van der Waals surface area (Å²) in [5.74, 6) is -0.312. The molecule has 0 spiro atoms. The molecule has 6 heteroatoms. The summed E-state index contributed by atoms with van der Waals surface area (Å²) in [4.78, 5) is 17.8. The van der Waals surface area contributed by atoms with Gasteiger partial charge in [-0.2, -0.15) is 0 Å². The van der Waals surface area contributed by atoms with Crippen molar-refractivity contribution in [2.24, 2.45) is 0 Å². The summed E-state index contributed by atoms with van der Waals surface area (Å²) in [6.07, 6.45) is 1.52. The molecule has 3 rings (SSSR count). The molecule has 1 saturated heterocycles. The fraction of sp³-hybridized carbons (Fsp3) is 0.200. The van der Waals surface area contributed by atoms with Crippen LogP contribution in [0.15, 0.2) is 47.1 Å². The minimum atomic E-state index is -0.501. The summed E-state index contributed by atoms with van der Waals surface area (Å²) >= 11 is 3.35. The number of amides is 1. The Morgan fingerprint density at radius 1 is 1.29 bits per heavy atom. The Morgan fingerprint density at radius 2 is 2.05 bits per heavy atom. The van der Waals surface area contributed by atoms with Crippen molar-refractivity contribution in [2.45, 2.75) is 6.10 Å². The number of hydrogen-bond acceptors (Lipinski definition) is 3. The third kappa shape index (κ3) is 2.90. The van der Waals surface area contributed by atoms with Crippen molar-refractivity contribution >= 4 is 21.8 Å². The van der Waals surface area contributed by atoms with Gasteiger partial charge in [-0.05, 0) is 40.2 Å². The van der Waals surface area contributed by atoms with E-state index in [1.54, 1.807) is 29.3 Å². The lowest BCUT2D eigenvalue weighted by Crippen LogP contribution is -2.56. The van der Waals surface area contributed by atoms with E-state index in [4.69, 9.17) is 4.74 Å². The van der Waals surface area contributed by atoms with E-state index in [-0.39, 0.29) is 17.6 Å². The molecule has 4 nitrogen and oxygen atoms in total. The first-order chi connectivity index (χ1) is 10.1. The predicted molar refractivity (Wildman–Crippen MR) is 78.7 cm³/mol. The molecule has 0 bridgehead atoms. The maximum atomic E-state index is 13.6. The number of hydrogen-bond donors (Lipinski definition) is 0. The normalized spacial score (nSPS) is 14.7. The van der Waals surface area contributed by atoms with E-state index in [2.05, 4.69) is 20.9 Å². The number of benzene rings is 1. The molecule has 1 fully saturated rings. The minimum Gasteiger partial charge on any atom is -0.470 e. The Hall–Kier alpha value is -1.95. The van der Waals surface area contributed by atoms with Crippen molar-refractivity contribution in [3.63, 3.8) is 0 Å². The highest BCUT2D eigenvalue weighted by molar-refractivity contribution is 9.10. The van der Waals surface area contributed by atoms with Crippen molar-refractivity contribution in [1.82, 2.24) is 9.88 Å². The highest BCUT2D eigenvalue weighted by Gasteiger charge is 2.34. The van der Waals surface area contributed by atoms with Gasteiger partial charge in [0.25, 0.3) is 5.91 Å². The maximum absolute atomic E-state index is 13.6. The van der Waals surface area contributed by atoms with Crippen molar-refractivity contribution in [3.8, 4) is 5.88 Å². The van der Waals surface area contributed by atoms with Gasteiger partial charge >= 0.3 is 0 Å². The minimum absolute atomic E-state index is 0.0926. The molecule has 0 atom stereocenters. The zero-order valence-electron chi connectivity index (χ0n) is 11.0. The Bertz CT molecular complexity index is 674. The van der Waals surface area contributed by atoms with Crippen LogP contribution in [-0.4, -0.2) is 35.0 Å². The first kappa shape index (κ1) is 14.0. The number of rotatable bonds is 3. The van der Waals surface area contributed by atoms with E-state index in [1.165, 1.54) is 12.1 Å². The molecule has 0 radical (unpaired) electrons. The van der Waals surface area contributed by atoms with Gasteiger partial charge in [0, 0.05) is 6.20 Å². The van der Waals surface area contributed by atoms with Crippen molar-refractivity contribution in [2.75, 3.05) is 13.1 Å². The highest BCUT2D eigenvalue weighted by Crippen LogP contribution is 2.25. The molecule has 108 valence electrons. The number of halogens is 2. The summed E-state index contributed by atoms with van der Waals surface area (Å²) in [7, 11) is 0. The van der Waals surface area contributed by atoms with E-state index < -0.39 is 5.82 Å². The first-order valence-corrected chi connectivity index (χ1v) is 7.25. The van der Waals surface area contributed by atoms with Gasteiger partial charge in [-0.15, -0.1) is 0 Å². The SMILES string of the molecule is O=C(c1ccccc1F)N1CC(Oc2ncccc2Br)C1. The lowest BCUT2D eigenvalue weighted by atomic mass is 10.1. The van der Waals surface area contributed by atoms with Crippen LogP contribution in [0.2, 0.25) is 0 Å². The monoisotopic (exact) mass is 350 g/mol. The van der Waals surface area contributed by atoms with E-state index in [9.17, 15) is 9.18 Å². The fourth-order valence-electron chi connectivity index (χ4n) is 2.10. The zero-order chi connectivity index (χ0) is 14.8. The molecule has 0 unspecified atom stereocenters. The van der Waals surface area contributed by atoms with Gasteiger partial charge in [0.2, 0.25) is 5.88 Å². The maximum Gasteiger partial charge on any atom is 0.257 e. The molecule has 21 heavy (non-hydrogen) atoms. The molecule has 2 aromatic rings. The van der Waals surface area contributed by atoms with Crippen molar-refractivity contribution in [3.05, 3.63) is 58.4 Å². The van der Waals surface area contributed by atoms with Gasteiger partial charge in [0.05, 0.1) is 23.1 Å². The molecular weight excluding hydrogens is 339 g/mol. The van der Waals surface area contributed by atoms with Crippen LogP contribution in [-0.2, 0) is 0 Å². The second kappa shape index (κ2) is 5.81. The lowest BCUT2D eigenvalue weighted by molar-refractivity contribution is 0.0153. The van der Waals surface area contributed by atoms with Gasteiger partial charge < -0.3 is 9.64 Å². The Morgan fingerprint density at radius 3 is 2.76 bits per heavy atom. The predicted octanol–water partition coefficient (Wildman–Crippen LogP) is 2.89. The molecule has 0 aliphatic carbocycles. The largest absolute Gasteiger partial charge is 0.470 e.